The number of phenolic OH excluding ortho intramolecular Hbond substituents is 1. The lowest BCUT2D eigenvalue weighted by atomic mass is 10.00. The van der Waals surface area contributed by atoms with Crippen LogP contribution in [0.1, 0.15) is 28.8 Å². The molecule has 0 heterocycles. The van der Waals surface area contributed by atoms with Gasteiger partial charge < -0.3 is 21.1 Å². The lowest BCUT2D eigenvalue weighted by molar-refractivity contribution is -0.146. The van der Waals surface area contributed by atoms with Gasteiger partial charge in [-0.15, -0.1) is 0 Å². The SMILES string of the molecule is NC(c1ccccc1)c1cccc(O)c1.O=C(O)C(O)c1ccccc1. The molecule has 2 unspecified atom stereocenters. The standard InChI is InChI=1S/C13H13NO.C8H8O3/c14-13(10-5-2-1-3-6-10)11-7-4-8-12(15)9-11;9-7(8(10)11)6-4-2-1-3-5-6/h1-9,13,15H,14H2;1-5,7,9H,(H,10,11). The fraction of sp³-hybridized carbons (Fsp3) is 0.0952. The Morgan fingerprint density at radius 2 is 1.27 bits per heavy atom. The molecule has 0 aliphatic carbocycles. The van der Waals surface area contributed by atoms with E-state index in [9.17, 15) is 9.90 Å². The van der Waals surface area contributed by atoms with Crippen molar-refractivity contribution in [1.82, 2.24) is 0 Å². The van der Waals surface area contributed by atoms with Crippen molar-refractivity contribution in [3.05, 3.63) is 102 Å². The van der Waals surface area contributed by atoms with E-state index in [1.165, 1.54) is 0 Å². The highest BCUT2D eigenvalue weighted by atomic mass is 16.4. The highest BCUT2D eigenvalue weighted by Gasteiger charge is 2.14. The lowest BCUT2D eigenvalue weighted by Crippen LogP contribution is -2.11. The molecule has 26 heavy (non-hydrogen) atoms. The van der Waals surface area contributed by atoms with Crippen LogP contribution in [-0.4, -0.2) is 21.3 Å². The van der Waals surface area contributed by atoms with Crippen LogP contribution in [0.5, 0.6) is 5.75 Å². The second kappa shape index (κ2) is 9.36. The molecule has 0 aromatic heterocycles. The molecule has 0 aliphatic rings. The van der Waals surface area contributed by atoms with Crippen LogP contribution < -0.4 is 5.73 Å². The van der Waals surface area contributed by atoms with E-state index in [-0.39, 0.29) is 11.8 Å². The molecule has 0 bridgehead atoms. The molecule has 3 aromatic carbocycles. The molecule has 3 aromatic rings. The monoisotopic (exact) mass is 351 g/mol. The number of aromatic hydroxyl groups is 1. The van der Waals surface area contributed by atoms with E-state index in [2.05, 4.69) is 0 Å². The van der Waals surface area contributed by atoms with Crippen LogP contribution in [0.15, 0.2) is 84.9 Å². The number of hydrogen-bond acceptors (Lipinski definition) is 4. The summed E-state index contributed by atoms with van der Waals surface area (Å²) in [5.74, 6) is -0.977. The molecule has 5 nitrogen and oxygen atoms in total. The van der Waals surface area contributed by atoms with Crippen molar-refractivity contribution in [1.29, 1.82) is 0 Å². The maximum absolute atomic E-state index is 10.2. The predicted molar refractivity (Wildman–Crippen MR) is 99.6 cm³/mol. The van der Waals surface area contributed by atoms with Gasteiger partial charge in [0, 0.05) is 0 Å². The Bertz CT molecular complexity index is 822. The third kappa shape index (κ3) is 5.44. The number of aliphatic hydroxyl groups excluding tert-OH is 1. The van der Waals surface area contributed by atoms with Crippen LogP contribution in [-0.2, 0) is 4.79 Å². The summed E-state index contributed by atoms with van der Waals surface area (Å²) in [6, 6.07) is 25.0. The van der Waals surface area contributed by atoms with Gasteiger partial charge in [0.2, 0.25) is 0 Å². The molecule has 0 radical (unpaired) electrons. The molecular formula is C21H21NO4. The van der Waals surface area contributed by atoms with Crippen molar-refractivity contribution < 1.29 is 20.1 Å². The summed E-state index contributed by atoms with van der Waals surface area (Å²) in [6.07, 6.45) is -1.41. The Balaban J connectivity index is 0.000000197. The number of nitrogens with two attached hydrogens (primary N) is 1. The van der Waals surface area contributed by atoms with Crippen molar-refractivity contribution >= 4 is 5.97 Å². The molecule has 0 saturated carbocycles. The smallest absolute Gasteiger partial charge is 0.337 e. The fourth-order valence-electron chi connectivity index (χ4n) is 2.35. The Labute approximate surface area is 152 Å². The average molecular weight is 351 g/mol. The summed E-state index contributed by atoms with van der Waals surface area (Å²) in [5, 5.41) is 26.7. The van der Waals surface area contributed by atoms with Crippen molar-refractivity contribution in [2.24, 2.45) is 5.73 Å². The molecular weight excluding hydrogens is 330 g/mol. The fourth-order valence-corrected chi connectivity index (χ4v) is 2.35. The van der Waals surface area contributed by atoms with E-state index in [1.54, 1.807) is 48.5 Å². The van der Waals surface area contributed by atoms with E-state index in [0.717, 1.165) is 11.1 Å². The Hall–Kier alpha value is -3.15. The highest BCUT2D eigenvalue weighted by molar-refractivity contribution is 5.73. The molecule has 5 N–H and O–H groups in total. The third-order valence-corrected chi connectivity index (χ3v) is 3.74. The predicted octanol–water partition coefficient (Wildman–Crippen LogP) is 3.24. The molecule has 2 atom stereocenters. The van der Waals surface area contributed by atoms with Crippen LogP contribution in [0, 0.1) is 0 Å². The molecule has 134 valence electrons. The molecule has 0 aliphatic heterocycles. The molecule has 0 amide bonds. The number of aliphatic hydroxyl groups is 1. The first kappa shape index (κ1) is 19.2. The largest absolute Gasteiger partial charge is 0.508 e. The first-order chi connectivity index (χ1) is 12.5. The normalized spacial score (nSPS) is 12.4. The molecule has 5 heteroatoms. The van der Waals surface area contributed by atoms with Crippen LogP contribution in [0.3, 0.4) is 0 Å². The molecule has 3 rings (SSSR count). The van der Waals surface area contributed by atoms with Gasteiger partial charge in [-0.2, -0.15) is 0 Å². The molecule has 0 spiro atoms. The van der Waals surface area contributed by atoms with Gasteiger partial charge >= 0.3 is 5.97 Å². The highest BCUT2D eigenvalue weighted by Crippen LogP contribution is 2.22. The number of carboxylic acids is 1. The van der Waals surface area contributed by atoms with Gasteiger partial charge in [-0.05, 0) is 28.8 Å². The van der Waals surface area contributed by atoms with Gasteiger partial charge in [-0.25, -0.2) is 4.79 Å². The quantitative estimate of drug-likeness (QED) is 0.578. The Morgan fingerprint density at radius 3 is 1.77 bits per heavy atom. The van der Waals surface area contributed by atoms with Crippen LogP contribution in [0.25, 0.3) is 0 Å². The number of carbonyl (C=O) groups is 1. The van der Waals surface area contributed by atoms with Gasteiger partial charge in [0.25, 0.3) is 0 Å². The first-order valence-corrected chi connectivity index (χ1v) is 8.04. The van der Waals surface area contributed by atoms with Crippen molar-refractivity contribution in [2.45, 2.75) is 12.1 Å². The number of carboxylic acid groups (broad SMARTS) is 1. The van der Waals surface area contributed by atoms with Gasteiger partial charge in [0.15, 0.2) is 6.10 Å². The summed E-state index contributed by atoms with van der Waals surface area (Å²) < 4.78 is 0. The van der Waals surface area contributed by atoms with E-state index in [1.807, 2.05) is 36.4 Å². The second-order valence-electron chi connectivity index (χ2n) is 5.63. The summed E-state index contributed by atoms with van der Waals surface area (Å²) in [4.78, 5) is 10.2. The average Bonchev–Trinajstić information content (AvgIpc) is 2.68. The van der Waals surface area contributed by atoms with Crippen LogP contribution in [0.4, 0.5) is 0 Å². The Kier molecular flexibility index (Phi) is 6.91. The zero-order chi connectivity index (χ0) is 18.9. The van der Waals surface area contributed by atoms with Crippen LogP contribution >= 0.6 is 0 Å². The minimum atomic E-state index is -1.41. The lowest BCUT2D eigenvalue weighted by Gasteiger charge is -2.12. The summed E-state index contributed by atoms with van der Waals surface area (Å²) >= 11 is 0. The van der Waals surface area contributed by atoms with Gasteiger partial charge in [-0.3, -0.25) is 0 Å². The number of aliphatic carboxylic acids is 1. The minimum Gasteiger partial charge on any atom is -0.508 e. The van der Waals surface area contributed by atoms with Crippen LogP contribution in [0.2, 0.25) is 0 Å². The zero-order valence-corrected chi connectivity index (χ0v) is 14.1. The van der Waals surface area contributed by atoms with E-state index in [0.29, 0.717) is 5.56 Å². The van der Waals surface area contributed by atoms with E-state index in [4.69, 9.17) is 15.9 Å². The summed E-state index contributed by atoms with van der Waals surface area (Å²) in [7, 11) is 0. The number of rotatable bonds is 4. The summed E-state index contributed by atoms with van der Waals surface area (Å²) in [6.45, 7) is 0. The second-order valence-corrected chi connectivity index (χ2v) is 5.63. The van der Waals surface area contributed by atoms with Gasteiger partial charge in [0.05, 0.1) is 6.04 Å². The van der Waals surface area contributed by atoms with E-state index < -0.39 is 12.1 Å². The Morgan fingerprint density at radius 1 is 0.769 bits per heavy atom. The maximum Gasteiger partial charge on any atom is 0.337 e. The number of phenols is 1. The number of hydrogen-bond donors (Lipinski definition) is 4. The van der Waals surface area contributed by atoms with Crippen molar-refractivity contribution in [3.8, 4) is 5.75 Å². The number of benzene rings is 3. The van der Waals surface area contributed by atoms with Crippen molar-refractivity contribution in [2.75, 3.05) is 0 Å². The third-order valence-electron chi connectivity index (χ3n) is 3.74. The first-order valence-electron chi connectivity index (χ1n) is 8.04. The molecule has 0 fully saturated rings. The van der Waals surface area contributed by atoms with E-state index >= 15 is 0 Å². The maximum atomic E-state index is 10.2. The minimum absolute atomic E-state index is 0.182. The summed E-state index contributed by atoms with van der Waals surface area (Å²) in [5.41, 5.74) is 8.44. The zero-order valence-electron chi connectivity index (χ0n) is 14.1. The molecule has 0 saturated heterocycles. The van der Waals surface area contributed by atoms with Crippen molar-refractivity contribution in [3.63, 3.8) is 0 Å². The van der Waals surface area contributed by atoms with Gasteiger partial charge in [0.1, 0.15) is 5.75 Å². The van der Waals surface area contributed by atoms with Gasteiger partial charge in [-0.1, -0.05) is 72.8 Å². The topological polar surface area (TPSA) is 104 Å².